The van der Waals surface area contributed by atoms with Crippen molar-refractivity contribution in [2.45, 2.75) is 25.8 Å². The summed E-state index contributed by atoms with van der Waals surface area (Å²) in [6.07, 6.45) is 0.980. The second kappa shape index (κ2) is 10.2. The van der Waals surface area contributed by atoms with Crippen LogP contribution in [0.4, 0.5) is 0 Å². The summed E-state index contributed by atoms with van der Waals surface area (Å²) in [6, 6.07) is 9.01. The largest absolute Gasteiger partial charge is 0.469 e. The van der Waals surface area contributed by atoms with Gasteiger partial charge in [-0.15, -0.1) is 12.4 Å². The number of nitrogens with one attached hydrogen (secondary N) is 1. The minimum atomic E-state index is -0.454. The second-order valence-corrected chi connectivity index (χ2v) is 4.66. The van der Waals surface area contributed by atoms with Crippen molar-refractivity contribution < 1.29 is 14.3 Å². The summed E-state index contributed by atoms with van der Waals surface area (Å²) in [5.74, 6) is -0.915. The van der Waals surface area contributed by atoms with Crippen molar-refractivity contribution in [2.24, 2.45) is 11.7 Å². The van der Waals surface area contributed by atoms with Gasteiger partial charge in [-0.05, 0) is 25.5 Å². The molecule has 2 atom stereocenters. The highest BCUT2D eigenvalue weighted by molar-refractivity contribution is 5.85. The third-order valence-corrected chi connectivity index (χ3v) is 3.16. The Balaban J connectivity index is 0.00000400. The van der Waals surface area contributed by atoms with Crippen LogP contribution in [0, 0.1) is 5.92 Å². The predicted octanol–water partition coefficient (Wildman–Crippen LogP) is 1.81. The summed E-state index contributed by atoms with van der Waals surface area (Å²) >= 11 is 0. The molecule has 21 heavy (non-hydrogen) atoms. The fourth-order valence-electron chi connectivity index (χ4n) is 1.99. The summed E-state index contributed by atoms with van der Waals surface area (Å²) in [6.45, 7) is 2.21. The van der Waals surface area contributed by atoms with Gasteiger partial charge < -0.3 is 15.8 Å². The number of carbonyl (C=O) groups excluding carboxylic acids is 2. The van der Waals surface area contributed by atoms with Crippen LogP contribution in [0.3, 0.4) is 0 Å². The maximum Gasteiger partial charge on any atom is 0.310 e. The fraction of sp³-hybridized carbons (Fsp3) is 0.467. The molecule has 0 aliphatic rings. The number of benzene rings is 1. The number of carbonyl (C=O) groups is 2. The van der Waals surface area contributed by atoms with E-state index in [4.69, 9.17) is 10.5 Å². The minimum absolute atomic E-state index is 0. The van der Waals surface area contributed by atoms with Gasteiger partial charge in [0.25, 0.3) is 0 Å². The lowest BCUT2D eigenvalue weighted by molar-refractivity contribution is -0.146. The maximum atomic E-state index is 11.9. The van der Waals surface area contributed by atoms with Crippen molar-refractivity contribution >= 4 is 24.3 Å². The second-order valence-electron chi connectivity index (χ2n) is 4.66. The molecule has 5 nitrogen and oxygen atoms in total. The van der Waals surface area contributed by atoms with Gasteiger partial charge >= 0.3 is 5.97 Å². The normalized spacial score (nSPS) is 12.7. The summed E-state index contributed by atoms with van der Waals surface area (Å²) in [4.78, 5) is 23.6. The number of ether oxygens (including phenoxy) is 1. The van der Waals surface area contributed by atoms with Crippen LogP contribution in [0.2, 0.25) is 0 Å². The van der Waals surface area contributed by atoms with E-state index in [9.17, 15) is 9.59 Å². The Bertz CT molecular complexity index is 440. The number of nitrogens with two attached hydrogens (primary N) is 1. The molecule has 1 rings (SSSR count). The number of esters is 1. The van der Waals surface area contributed by atoms with Crippen LogP contribution in [0.15, 0.2) is 30.3 Å². The molecule has 1 aromatic rings. The van der Waals surface area contributed by atoms with Crippen molar-refractivity contribution in [3.63, 3.8) is 0 Å². The lowest BCUT2D eigenvalue weighted by atomic mass is 9.94. The Morgan fingerprint density at radius 1 is 1.29 bits per heavy atom. The zero-order valence-electron chi connectivity index (χ0n) is 12.4. The first kappa shape index (κ1) is 19.4. The molecule has 0 saturated carbocycles. The molecular formula is C15H23ClN2O3. The molecule has 6 heteroatoms. The van der Waals surface area contributed by atoms with Crippen molar-refractivity contribution in [1.29, 1.82) is 0 Å². The minimum Gasteiger partial charge on any atom is -0.469 e. The monoisotopic (exact) mass is 314 g/mol. The molecule has 1 aromatic carbocycles. The summed E-state index contributed by atoms with van der Waals surface area (Å²) in [7, 11) is 1.34. The van der Waals surface area contributed by atoms with E-state index in [-0.39, 0.29) is 24.3 Å². The van der Waals surface area contributed by atoms with E-state index in [1.165, 1.54) is 7.11 Å². The van der Waals surface area contributed by atoms with Crippen LogP contribution in [-0.4, -0.2) is 25.5 Å². The zero-order chi connectivity index (χ0) is 15.0. The summed E-state index contributed by atoms with van der Waals surface area (Å²) in [5.41, 5.74) is 6.28. The summed E-state index contributed by atoms with van der Waals surface area (Å²) < 4.78 is 4.77. The highest BCUT2D eigenvalue weighted by atomic mass is 35.5. The first-order valence-electron chi connectivity index (χ1n) is 6.72. The lowest BCUT2D eigenvalue weighted by Gasteiger charge is -2.24. The van der Waals surface area contributed by atoms with Gasteiger partial charge in [0, 0.05) is 6.42 Å². The Morgan fingerprint density at radius 2 is 1.90 bits per heavy atom. The average molecular weight is 315 g/mol. The third kappa shape index (κ3) is 6.14. The molecule has 0 fully saturated rings. The molecular weight excluding hydrogens is 292 g/mol. The smallest absolute Gasteiger partial charge is 0.310 e. The highest BCUT2D eigenvalue weighted by Crippen LogP contribution is 2.23. The lowest BCUT2D eigenvalue weighted by Crippen LogP contribution is -2.36. The van der Waals surface area contributed by atoms with Crippen molar-refractivity contribution in [2.75, 3.05) is 13.7 Å². The summed E-state index contributed by atoms with van der Waals surface area (Å²) in [5, 5.41) is 2.89. The highest BCUT2D eigenvalue weighted by Gasteiger charge is 2.27. The van der Waals surface area contributed by atoms with Gasteiger partial charge in [0.1, 0.15) is 0 Å². The van der Waals surface area contributed by atoms with Gasteiger partial charge in [-0.2, -0.15) is 0 Å². The van der Waals surface area contributed by atoms with Crippen molar-refractivity contribution in [1.82, 2.24) is 5.32 Å². The molecule has 0 aliphatic carbocycles. The van der Waals surface area contributed by atoms with E-state index < -0.39 is 12.0 Å². The predicted molar refractivity (Wildman–Crippen MR) is 84.0 cm³/mol. The van der Waals surface area contributed by atoms with Crippen molar-refractivity contribution in [3.05, 3.63) is 35.9 Å². The molecule has 0 radical (unpaired) electrons. The molecule has 3 N–H and O–H groups in total. The maximum absolute atomic E-state index is 11.9. The van der Waals surface area contributed by atoms with Gasteiger partial charge in [0.15, 0.2) is 0 Å². The Kier molecular flexibility index (Phi) is 9.41. The first-order chi connectivity index (χ1) is 9.60. The first-order valence-corrected chi connectivity index (χ1v) is 6.72. The van der Waals surface area contributed by atoms with E-state index in [0.717, 1.165) is 5.56 Å². The number of halogens is 1. The molecule has 0 bridgehead atoms. The average Bonchev–Trinajstić information content (AvgIpc) is 2.49. The molecule has 0 saturated heterocycles. The van der Waals surface area contributed by atoms with Crippen LogP contribution in [0.25, 0.3) is 0 Å². The van der Waals surface area contributed by atoms with Crippen LogP contribution >= 0.6 is 12.4 Å². The van der Waals surface area contributed by atoms with Gasteiger partial charge in [-0.1, -0.05) is 30.3 Å². The molecule has 2 unspecified atom stereocenters. The van der Waals surface area contributed by atoms with Crippen LogP contribution in [-0.2, 0) is 14.3 Å². The quantitative estimate of drug-likeness (QED) is 0.752. The Hall–Kier alpha value is -1.59. The van der Waals surface area contributed by atoms with Gasteiger partial charge in [-0.25, -0.2) is 0 Å². The van der Waals surface area contributed by atoms with E-state index in [1.807, 2.05) is 30.3 Å². The number of amides is 1. The van der Waals surface area contributed by atoms with Crippen LogP contribution in [0.1, 0.15) is 31.4 Å². The Morgan fingerprint density at radius 3 is 2.43 bits per heavy atom. The third-order valence-electron chi connectivity index (χ3n) is 3.16. The van der Waals surface area contributed by atoms with Crippen LogP contribution < -0.4 is 11.1 Å². The molecule has 1 amide bonds. The number of hydrogen-bond acceptors (Lipinski definition) is 4. The van der Waals surface area contributed by atoms with E-state index in [2.05, 4.69) is 5.32 Å². The number of rotatable bonds is 7. The van der Waals surface area contributed by atoms with Gasteiger partial charge in [-0.3, -0.25) is 9.59 Å². The van der Waals surface area contributed by atoms with Crippen LogP contribution in [0.5, 0.6) is 0 Å². The number of methoxy groups -OCH3 is 1. The zero-order valence-corrected chi connectivity index (χ0v) is 13.2. The van der Waals surface area contributed by atoms with Gasteiger partial charge in [0.05, 0.1) is 19.1 Å². The van der Waals surface area contributed by atoms with Gasteiger partial charge in [0.2, 0.25) is 5.91 Å². The standard InChI is InChI=1S/C15H22N2O3.ClH/c1-11(15(19)20-2)14(12-7-4-3-5-8-12)17-13(18)9-6-10-16;/h3-5,7-8,11,14H,6,9-10,16H2,1-2H3,(H,17,18);1H. The van der Waals surface area contributed by atoms with Crippen molar-refractivity contribution in [3.8, 4) is 0 Å². The molecule has 0 aliphatic heterocycles. The van der Waals surface area contributed by atoms with E-state index in [1.54, 1.807) is 6.92 Å². The van der Waals surface area contributed by atoms with E-state index >= 15 is 0 Å². The fourth-order valence-corrected chi connectivity index (χ4v) is 1.99. The number of hydrogen-bond donors (Lipinski definition) is 2. The Labute approximate surface area is 131 Å². The molecule has 118 valence electrons. The SMILES string of the molecule is COC(=O)C(C)C(NC(=O)CCCN)c1ccccc1.Cl. The van der Waals surface area contributed by atoms with E-state index in [0.29, 0.717) is 19.4 Å². The molecule has 0 aromatic heterocycles. The molecule has 0 spiro atoms. The topological polar surface area (TPSA) is 81.4 Å². The molecule has 0 heterocycles.